The minimum atomic E-state index is -0.687. The van der Waals surface area contributed by atoms with Crippen LogP contribution in [0.5, 0.6) is 11.5 Å². The summed E-state index contributed by atoms with van der Waals surface area (Å²) in [5.41, 5.74) is 2.62. The van der Waals surface area contributed by atoms with Gasteiger partial charge in [-0.25, -0.2) is 0 Å². The number of benzene rings is 3. The van der Waals surface area contributed by atoms with Gasteiger partial charge in [-0.3, -0.25) is 9.78 Å². The molecular weight excluding hydrogens is 450 g/mol. The third-order valence-corrected chi connectivity index (χ3v) is 6.17. The van der Waals surface area contributed by atoms with Gasteiger partial charge in [-0.1, -0.05) is 48.0 Å². The molecule has 0 spiro atoms. The van der Waals surface area contributed by atoms with Crippen molar-refractivity contribution in [2.45, 2.75) is 6.04 Å². The maximum absolute atomic E-state index is 13.0. The number of carbonyl (C=O) groups excluding carboxylic acids is 1. The number of aryl methyl sites for hydroxylation is 1. The van der Waals surface area contributed by atoms with Crippen molar-refractivity contribution in [3.63, 3.8) is 0 Å². The average molecular weight is 472 g/mol. The summed E-state index contributed by atoms with van der Waals surface area (Å²) in [4.78, 5) is 17.3. The molecule has 0 aliphatic heterocycles. The fourth-order valence-corrected chi connectivity index (χ4v) is 4.46. The second-order valence-corrected chi connectivity index (χ2v) is 8.39. The quantitative estimate of drug-likeness (QED) is 0.349. The Morgan fingerprint density at radius 2 is 1.85 bits per heavy atom. The topological polar surface area (TPSA) is 76.4 Å². The predicted molar refractivity (Wildman–Crippen MR) is 133 cm³/mol. The number of pyridine rings is 1. The number of para-hydroxylation sites is 2. The van der Waals surface area contributed by atoms with E-state index in [2.05, 4.69) is 10.3 Å². The number of amides is 1. The molecule has 0 aliphatic carbocycles. The summed E-state index contributed by atoms with van der Waals surface area (Å²) in [7, 11) is 1.93. The lowest BCUT2D eigenvalue weighted by molar-refractivity contribution is -0.123. The monoisotopic (exact) mass is 471 g/mol. The van der Waals surface area contributed by atoms with Crippen molar-refractivity contribution in [1.82, 2.24) is 14.9 Å². The lowest BCUT2D eigenvalue weighted by Gasteiger charge is -2.22. The van der Waals surface area contributed by atoms with Crippen LogP contribution in [0.2, 0.25) is 5.02 Å². The van der Waals surface area contributed by atoms with E-state index in [-0.39, 0.29) is 18.3 Å². The highest BCUT2D eigenvalue weighted by atomic mass is 35.5. The molecule has 34 heavy (non-hydrogen) atoms. The van der Waals surface area contributed by atoms with Gasteiger partial charge < -0.3 is 19.7 Å². The van der Waals surface area contributed by atoms with Crippen molar-refractivity contribution in [3.05, 3.63) is 101 Å². The van der Waals surface area contributed by atoms with Gasteiger partial charge in [0.2, 0.25) is 0 Å². The van der Waals surface area contributed by atoms with Crippen molar-refractivity contribution in [2.75, 3.05) is 6.61 Å². The lowest BCUT2D eigenvalue weighted by Crippen LogP contribution is -2.34. The van der Waals surface area contributed by atoms with Gasteiger partial charge in [0.15, 0.2) is 6.61 Å². The molecule has 0 saturated carbocycles. The van der Waals surface area contributed by atoms with E-state index in [1.54, 1.807) is 36.5 Å². The minimum absolute atomic E-state index is 0.0282. The molecule has 7 heteroatoms. The van der Waals surface area contributed by atoms with E-state index in [9.17, 15) is 9.90 Å². The zero-order valence-corrected chi connectivity index (χ0v) is 19.2. The molecule has 1 atom stereocenters. The number of rotatable bonds is 6. The highest BCUT2D eigenvalue weighted by Gasteiger charge is 2.26. The molecule has 0 radical (unpaired) electrons. The van der Waals surface area contributed by atoms with E-state index in [0.717, 1.165) is 16.6 Å². The molecule has 0 fully saturated rings. The van der Waals surface area contributed by atoms with Gasteiger partial charge in [-0.15, -0.1) is 0 Å². The van der Waals surface area contributed by atoms with Crippen LogP contribution in [0.25, 0.3) is 21.8 Å². The Morgan fingerprint density at radius 3 is 2.65 bits per heavy atom. The fraction of sp³-hybridized carbons (Fsp3) is 0.111. The van der Waals surface area contributed by atoms with Crippen LogP contribution in [0.15, 0.2) is 85.1 Å². The first-order valence-corrected chi connectivity index (χ1v) is 11.2. The molecule has 170 valence electrons. The number of carbonyl (C=O) groups is 1. The number of ether oxygens (including phenoxy) is 1. The van der Waals surface area contributed by atoms with Gasteiger partial charge >= 0.3 is 0 Å². The third kappa shape index (κ3) is 4.04. The molecule has 5 aromatic rings. The summed E-state index contributed by atoms with van der Waals surface area (Å²) in [6, 6.07) is 23.6. The van der Waals surface area contributed by atoms with Crippen LogP contribution >= 0.6 is 11.6 Å². The maximum atomic E-state index is 13.0. The molecule has 1 unspecified atom stereocenters. The van der Waals surface area contributed by atoms with E-state index in [4.69, 9.17) is 16.3 Å². The molecule has 2 N–H and O–H groups in total. The fourth-order valence-electron chi connectivity index (χ4n) is 4.19. The molecule has 0 bridgehead atoms. The van der Waals surface area contributed by atoms with E-state index < -0.39 is 6.04 Å². The lowest BCUT2D eigenvalue weighted by atomic mass is 9.99. The number of aromatic nitrogens is 2. The molecular formula is C27H22ClN3O3. The number of hydrogen-bond donors (Lipinski definition) is 2. The average Bonchev–Trinajstić information content (AvgIpc) is 3.20. The molecule has 5 rings (SSSR count). The molecule has 1 amide bonds. The van der Waals surface area contributed by atoms with Crippen LogP contribution in [0.1, 0.15) is 17.3 Å². The van der Waals surface area contributed by atoms with Crippen LogP contribution in [-0.2, 0) is 11.8 Å². The smallest absolute Gasteiger partial charge is 0.258 e. The van der Waals surface area contributed by atoms with Crippen molar-refractivity contribution in [1.29, 1.82) is 0 Å². The van der Waals surface area contributed by atoms with Gasteiger partial charge in [0.1, 0.15) is 17.0 Å². The maximum Gasteiger partial charge on any atom is 0.258 e. The number of hydrogen-bond acceptors (Lipinski definition) is 4. The number of phenolic OH excluding ortho intramolecular Hbond substituents is 1. The van der Waals surface area contributed by atoms with Gasteiger partial charge in [0.05, 0.1) is 11.1 Å². The number of nitrogens with one attached hydrogen (secondary N) is 1. The summed E-state index contributed by atoms with van der Waals surface area (Å²) in [5.74, 6) is 0.231. The largest absolute Gasteiger partial charge is 0.505 e. The molecule has 2 heterocycles. The Balaban J connectivity index is 1.57. The van der Waals surface area contributed by atoms with Crippen molar-refractivity contribution in [2.24, 2.45) is 7.05 Å². The normalized spacial score (nSPS) is 12.1. The summed E-state index contributed by atoms with van der Waals surface area (Å²) in [6.45, 7) is -0.176. The van der Waals surface area contributed by atoms with Gasteiger partial charge in [-0.2, -0.15) is 0 Å². The SMILES string of the molecule is Cn1c(C(NC(=O)COc2ccccc2)c2cc(Cl)c3cccnc3c2O)cc2ccccc21. The van der Waals surface area contributed by atoms with Crippen LogP contribution < -0.4 is 10.1 Å². The number of fused-ring (bicyclic) bond motifs is 2. The Labute approximate surface area is 201 Å². The molecule has 6 nitrogen and oxygen atoms in total. The number of halogens is 1. The van der Waals surface area contributed by atoms with E-state index in [0.29, 0.717) is 27.2 Å². The predicted octanol–water partition coefficient (Wildman–Crippen LogP) is 5.37. The van der Waals surface area contributed by atoms with E-state index >= 15 is 0 Å². The zero-order valence-electron chi connectivity index (χ0n) is 18.4. The first-order chi connectivity index (χ1) is 16.5. The second-order valence-electron chi connectivity index (χ2n) is 7.99. The third-order valence-electron chi connectivity index (χ3n) is 5.86. The second kappa shape index (κ2) is 9.08. The summed E-state index contributed by atoms with van der Waals surface area (Å²) in [5, 5.41) is 16.3. The highest BCUT2D eigenvalue weighted by molar-refractivity contribution is 6.35. The van der Waals surface area contributed by atoms with Gasteiger partial charge in [-0.05, 0) is 47.9 Å². The first-order valence-electron chi connectivity index (χ1n) is 10.8. The molecule has 2 aromatic heterocycles. The van der Waals surface area contributed by atoms with Crippen LogP contribution in [-0.4, -0.2) is 27.2 Å². The molecule has 3 aromatic carbocycles. The number of phenols is 1. The Morgan fingerprint density at radius 1 is 1.09 bits per heavy atom. The Bertz CT molecular complexity index is 1500. The highest BCUT2D eigenvalue weighted by Crippen LogP contribution is 2.39. The summed E-state index contributed by atoms with van der Waals surface area (Å²) >= 11 is 6.57. The van der Waals surface area contributed by atoms with E-state index in [1.165, 1.54) is 0 Å². The van der Waals surface area contributed by atoms with Crippen LogP contribution in [0, 0.1) is 0 Å². The van der Waals surface area contributed by atoms with Crippen LogP contribution in [0.3, 0.4) is 0 Å². The number of nitrogens with zero attached hydrogens (tertiary/aromatic N) is 2. The number of aromatic hydroxyl groups is 1. The van der Waals surface area contributed by atoms with Crippen molar-refractivity contribution < 1.29 is 14.6 Å². The summed E-state index contributed by atoms with van der Waals surface area (Å²) < 4.78 is 7.63. The Hall–Kier alpha value is -4.03. The summed E-state index contributed by atoms with van der Waals surface area (Å²) in [6.07, 6.45) is 1.60. The van der Waals surface area contributed by atoms with Crippen LogP contribution in [0.4, 0.5) is 0 Å². The standard InChI is InChI=1S/C27H22ClN3O3/c1-31-22-12-6-5-8-17(22)14-23(31)25(30-24(32)16-34-18-9-3-2-4-10-18)20-15-21(28)19-11-7-13-29-26(19)27(20)33/h2-15,25,33H,16H2,1H3,(H,30,32). The van der Waals surface area contributed by atoms with Gasteiger partial charge in [0.25, 0.3) is 5.91 Å². The van der Waals surface area contributed by atoms with Crippen molar-refractivity contribution in [3.8, 4) is 11.5 Å². The minimum Gasteiger partial charge on any atom is -0.505 e. The molecule has 0 aliphatic rings. The first kappa shape index (κ1) is 21.8. The Kier molecular flexibility index (Phi) is 5.82. The zero-order chi connectivity index (χ0) is 23.7. The molecule has 0 saturated heterocycles. The van der Waals surface area contributed by atoms with Crippen molar-refractivity contribution >= 4 is 39.3 Å². The van der Waals surface area contributed by atoms with Gasteiger partial charge in [0, 0.05) is 35.4 Å². The van der Waals surface area contributed by atoms with E-state index in [1.807, 2.05) is 60.1 Å².